The molecule has 106 valence electrons. The molecule has 0 spiro atoms. The van der Waals surface area contributed by atoms with E-state index in [2.05, 4.69) is 29.3 Å². The Balaban J connectivity index is 2.07. The molecule has 1 aliphatic rings. The van der Waals surface area contributed by atoms with Crippen molar-refractivity contribution >= 4 is 0 Å². The molecule has 1 aliphatic heterocycles. The number of ether oxygens (including phenoxy) is 1. The number of hydrogen-bond acceptors (Lipinski definition) is 4. The smallest absolute Gasteiger partial charge is 0.118 e. The van der Waals surface area contributed by atoms with Gasteiger partial charge in [-0.05, 0) is 31.0 Å². The summed E-state index contributed by atoms with van der Waals surface area (Å²) < 4.78 is 5.20. The van der Waals surface area contributed by atoms with Gasteiger partial charge in [-0.1, -0.05) is 12.1 Å². The highest BCUT2D eigenvalue weighted by molar-refractivity contribution is 5.28. The van der Waals surface area contributed by atoms with Gasteiger partial charge in [-0.15, -0.1) is 0 Å². The summed E-state index contributed by atoms with van der Waals surface area (Å²) >= 11 is 0. The second-order valence-corrected chi connectivity index (χ2v) is 5.46. The third-order valence-electron chi connectivity index (χ3n) is 4.06. The summed E-state index contributed by atoms with van der Waals surface area (Å²) in [4.78, 5) is 2.51. The van der Waals surface area contributed by atoms with Crippen LogP contribution in [0.25, 0.3) is 0 Å². The first kappa shape index (κ1) is 14.3. The van der Waals surface area contributed by atoms with Crippen LogP contribution in [0.5, 0.6) is 5.75 Å². The molecule has 0 aliphatic carbocycles. The highest BCUT2D eigenvalue weighted by atomic mass is 16.5. The molecule has 19 heavy (non-hydrogen) atoms. The fourth-order valence-electron chi connectivity index (χ4n) is 2.70. The second kappa shape index (κ2) is 6.37. The molecule has 1 heterocycles. The molecule has 1 atom stereocenters. The van der Waals surface area contributed by atoms with E-state index in [-0.39, 0.29) is 5.54 Å². The number of nitrogens with two attached hydrogens (primary N) is 1. The summed E-state index contributed by atoms with van der Waals surface area (Å²) in [5, 5.41) is 3.39. The van der Waals surface area contributed by atoms with Crippen molar-refractivity contribution in [2.75, 3.05) is 39.8 Å². The fourth-order valence-corrected chi connectivity index (χ4v) is 2.70. The van der Waals surface area contributed by atoms with Crippen molar-refractivity contribution in [2.24, 2.45) is 5.73 Å². The highest BCUT2D eigenvalue weighted by Crippen LogP contribution is 2.22. The number of piperazine rings is 1. The van der Waals surface area contributed by atoms with Crippen molar-refractivity contribution in [3.05, 3.63) is 29.8 Å². The summed E-state index contributed by atoms with van der Waals surface area (Å²) in [6.45, 7) is 7.20. The van der Waals surface area contributed by atoms with Gasteiger partial charge in [-0.3, -0.25) is 4.90 Å². The Morgan fingerprint density at radius 1 is 1.26 bits per heavy atom. The molecule has 0 radical (unpaired) electrons. The molecule has 3 N–H and O–H groups in total. The summed E-state index contributed by atoms with van der Waals surface area (Å²) in [7, 11) is 1.69. The number of benzene rings is 1. The summed E-state index contributed by atoms with van der Waals surface area (Å²) in [5.41, 5.74) is 7.41. The van der Waals surface area contributed by atoms with Crippen molar-refractivity contribution in [2.45, 2.75) is 18.9 Å². The zero-order valence-electron chi connectivity index (χ0n) is 12.0. The third-order valence-corrected chi connectivity index (χ3v) is 4.06. The average molecular weight is 263 g/mol. The van der Waals surface area contributed by atoms with Crippen molar-refractivity contribution in [1.29, 1.82) is 0 Å². The lowest BCUT2D eigenvalue weighted by atomic mass is 9.90. The van der Waals surface area contributed by atoms with E-state index in [1.165, 1.54) is 5.56 Å². The minimum Gasteiger partial charge on any atom is -0.497 e. The zero-order chi connectivity index (χ0) is 13.7. The molecule has 1 aromatic carbocycles. The van der Waals surface area contributed by atoms with Crippen molar-refractivity contribution in [3.8, 4) is 5.75 Å². The van der Waals surface area contributed by atoms with Gasteiger partial charge in [-0.25, -0.2) is 0 Å². The molecule has 2 rings (SSSR count). The minimum absolute atomic E-state index is 0.0384. The lowest BCUT2D eigenvalue weighted by Crippen LogP contribution is -2.59. The van der Waals surface area contributed by atoms with E-state index in [0.717, 1.165) is 38.3 Å². The fraction of sp³-hybridized carbons (Fsp3) is 0.600. The van der Waals surface area contributed by atoms with Crippen molar-refractivity contribution in [1.82, 2.24) is 10.2 Å². The Morgan fingerprint density at radius 2 is 1.89 bits per heavy atom. The summed E-state index contributed by atoms with van der Waals surface area (Å²) in [5.74, 6) is 0.903. The molecule has 0 amide bonds. The molecule has 0 bridgehead atoms. The Morgan fingerprint density at radius 3 is 2.42 bits per heavy atom. The molecule has 4 nitrogen and oxygen atoms in total. The largest absolute Gasteiger partial charge is 0.497 e. The molecular formula is C15H25N3O. The van der Waals surface area contributed by atoms with E-state index in [1.54, 1.807) is 7.11 Å². The lowest BCUT2D eigenvalue weighted by Gasteiger charge is -2.43. The van der Waals surface area contributed by atoms with Gasteiger partial charge in [0.05, 0.1) is 7.11 Å². The van der Waals surface area contributed by atoms with Crippen LogP contribution in [0.1, 0.15) is 12.5 Å². The van der Waals surface area contributed by atoms with Crippen LogP contribution in [-0.4, -0.2) is 50.3 Å². The van der Waals surface area contributed by atoms with E-state index in [0.29, 0.717) is 6.54 Å². The SMILES string of the molecule is COc1ccc(CC(C)(CN)N2CCNCC2)cc1. The first-order chi connectivity index (χ1) is 9.18. The molecule has 0 saturated carbocycles. The van der Waals surface area contributed by atoms with Crippen LogP contribution in [-0.2, 0) is 6.42 Å². The van der Waals surface area contributed by atoms with Gasteiger partial charge < -0.3 is 15.8 Å². The van der Waals surface area contributed by atoms with Crippen LogP contribution in [0.4, 0.5) is 0 Å². The highest BCUT2D eigenvalue weighted by Gasteiger charge is 2.31. The Bertz CT molecular complexity index is 387. The van der Waals surface area contributed by atoms with E-state index in [9.17, 15) is 0 Å². The maximum atomic E-state index is 6.06. The van der Waals surface area contributed by atoms with E-state index >= 15 is 0 Å². The molecule has 0 aromatic heterocycles. The van der Waals surface area contributed by atoms with E-state index < -0.39 is 0 Å². The number of hydrogen-bond donors (Lipinski definition) is 2. The number of nitrogens with zero attached hydrogens (tertiary/aromatic N) is 1. The number of rotatable bonds is 5. The van der Waals surface area contributed by atoms with Crippen LogP contribution in [0.3, 0.4) is 0 Å². The molecule has 1 aromatic rings. The van der Waals surface area contributed by atoms with Gasteiger partial charge in [0.25, 0.3) is 0 Å². The Labute approximate surface area is 115 Å². The predicted octanol–water partition coefficient (Wildman–Crippen LogP) is 0.860. The normalized spacial score (nSPS) is 19.9. The van der Waals surface area contributed by atoms with Crippen LogP contribution in [0.15, 0.2) is 24.3 Å². The maximum Gasteiger partial charge on any atom is 0.118 e. The van der Waals surface area contributed by atoms with Gasteiger partial charge in [0.1, 0.15) is 5.75 Å². The standard InChI is InChI=1S/C15H25N3O/c1-15(12-16,18-9-7-17-8-10-18)11-13-3-5-14(19-2)6-4-13/h3-6,17H,7-12,16H2,1-2H3. The lowest BCUT2D eigenvalue weighted by molar-refractivity contribution is 0.0946. The van der Waals surface area contributed by atoms with Gasteiger partial charge >= 0.3 is 0 Å². The third kappa shape index (κ3) is 3.47. The number of nitrogens with one attached hydrogen (secondary N) is 1. The summed E-state index contributed by atoms with van der Waals surface area (Å²) in [6.07, 6.45) is 0.980. The second-order valence-electron chi connectivity index (χ2n) is 5.46. The molecule has 1 unspecified atom stereocenters. The van der Waals surface area contributed by atoms with Gasteiger partial charge in [0.2, 0.25) is 0 Å². The minimum atomic E-state index is 0.0384. The van der Waals surface area contributed by atoms with E-state index in [4.69, 9.17) is 10.5 Å². The molecule has 1 fully saturated rings. The maximum absolute atomic E-state index is 6.06. The van der Waals surface area contributed by atoms with Crippen LogP contribution in [0, 0.1) is 0 Å². The summed E-state index contributed by atoms with van der Waals surface area (Å²) in [6, 6.07) is 8.30. The average Bonchev–Trinajstić information content (AvgIpc) is 2.49. The zero-order valence-corrected chi connectivity index (χ0v) is 12.0. The monoisotopic (exact) mass is 263 g/mol. The quantitative estimate of drug-likeness (QED) is 0.827. The Kier molecular flexibility index (Phi) is 4.80. The Hall–Kier alpha value is -1.10. The molecular weight excluding hydrogens is 238 g/mol. The predicted molar refractivity (Wildman–Crippen MR) is 78.6 cm³/mol. The number of methoxy groups -OCH3 is 1. The van der Waals surface area contributed by atoms with E-state index in [1.807, 2.05) is 12.1 Å². The van der Waals surface area contributed by atoms with Gasteiger partial charge in [0.15, 0.2) is 0 Å². The van der Waals surface area contributed by atoms with Crippen molar-refractivity contribution in [3.63, 3.8) is 0 Å². The first-order valence-electron chi connectivity index (χ1n) is 6.97. The van der Waals surface area contributed by atoms with Crippen LogP contribution in [0.2, 0.25) is 0 Å². The topological polar surface area (TPSA) is 50.5 Å². The van der Waals surface area contributed by atoms with Crippen molar-refractivity contribution < 1.29 is 4.74 Å². The molecule has 1 saturated heterocycles. The van der Waals surface area contributed by atoms with Crippen LogP contribution < -0.4 is 15.8 Å². The molecule has 4 heteroatoms. The van der Waals surface area contributed by atoms with Gasteiger partial charge in [-0.2, -0.15) is 0 Å². The first-order valence-corrected chi connectivity index (χ1v) is 6.97. The van der Waals surface area contributed by atoms with Crippen LogP contribution >= 0.6 is 0 Å². The van der Waals surface area contributed by atoms with Gasteiger partial charge in [0, 0.05) is 38.3 Å².